The van der Waals surface area contributed by atoms with Crippen molar-refractivity contribution in [2.75, 3.05) is 52.8 Å². The molecule has 176 valence electrons. The van der Waals surface area contributed by atoms with E-state index < -0.39 is 10.0 Å². The van der Waals surface area contributed by atoms with E-state index in [1.165, 1.54) is 6.26 Å². The van der Waals surface area contributed by atoms with Gasteiger partial charge in [0.05, 0.1) is 33.1 Å². The standard InChI is InChI=1S/C22H33N4O5S/c1-29-20-7-8-21(24-22(20)31-19-9-12-30-16-19)26(11-4-5-17(13-23)15-26)18-6-3-10-25(14-18)32(2,27)28/h4-5,7-8,15,18-19H,3,6,9-14,16,23H2,1-2H3/q+1/t18?,19-,26?/m1/s1. The van der Waals surface area contributed by atoms with E-state index in [4.69, 9.17) is 24.9 Å². The van der Waals surface area contributed by atoms with E-state index in [1.807, 2.05) is 18.2 Å². The normalized spacial score (nSPS) is 29.0. The molecule has 2 N–H and O–H groups in total. The molecule has 9 nitrogen and oxygen atoms in total. The summed E-state index contributed by atoms with van der Waals surface area (Å²) in [7, 11) is -1.68. The maximum Gasteiger partial charge on any atom is 0.262 e. The Labute approximate surface area is 190 Å². The van der Waals surface area contributed by atoms with Crippen LogP contribution in [-0.2, 0) is 14.8 Å². The summed E-state index contributed by atoms with van der Waals surface area (Å²) in [6, 6.07) is 3.83. The number of aromatic nitrogens is 1. The van der Waals surface area contributed by atoms with Gasteiger partial charge in [-0.3, -0.25) is 0 Å². The lowest BCUT2D eigenvalue weighted by molar-refractivity contribution is 0.134. The van der Waals surface area contributed by atoms with Gasteiger partial charge in [0.25, 0.3) is 5.88 Å². The van der Waals surface area contributed by atoms with E-state index in [9.17, 15) is 8.42 Å². The van der Waals surface area contributed by atoms with Gasteiger partial charge < -0.3 is 19.9 Å². The highest BCUT2D eigenvalue weighted by Crippen LogP contribution is 2.38. The first kappa shape index (κ1) is 23.2. The number of nitrogens with two attached hydrogens (primary N) is 1. The highest BCUT2D eigenvalue weighted by Gasteiger charge is 2.44. The molecular weight excluding hydrogens is 432 g/mol. The first-order chi connectivity index (χ1) is 15.4. The molecule has 1 aromatic rings. The van der Waals surface area contributed by atoms with Crippen LogP contribution < -0.4 is 19.7 Å². The molecule has 0 aliphatic carbocycles. The fourth-order valence-electron chi connectivity index (χ4n) is 4.74. The number of methoxy groups -OCH3 is 1. The molecule has 4 heterocycles. The van der Waals surface area contributed by atoms with E-state index in [0.717, 1.165) is 30.7 Å². The fraction of sp³-hybridized carbons (Fsp3) is 0.591. The zero-order valence-electron chi connectivity index (χ0n) is 18.8. The lowest BCUT2D eigenvalue weighted by Gasteiger charge is -2.45. The molecule has 1 aromatic heterocycles. The maximum atomic E-state index is 12.3. The highest BCUT2D eigenvalue weighted by molar-refractivity contribution is 7.88. The molecule has 0 radical (unpaired) electrons. The quantitative estimate of drug-likeness (QED) is 0.607. The zero-order valence-corrected chi connectivity index (χ0v) is 19.6. The number of sulfonamides is 1. The average Bonchev–Trinajstić information content (AvgIpc) is 3.31. The molecule has 0 amide bonds. The van der Waals surface area contributed by atoms with Crippen molar-refractivity contribution in [3.63, 3.8) is 0 Å². The van der Waals surface area contributed by atoms with E-state index in [-0.39, 0.29) is 12.1 Å². The second kappa shape index (κ2) is 9.48. The average molecular weight is 466 g/mol. The zero-order chi connectivity index (χ0) is 22.8. The van der Waals surface area contributed by atoms with Crippen molar-refractivity contribution in [3.8, 4) is 11.6 Å². The molecule has 32 heavy (non-hydrogen) atoms. The van der Waals surface area contributed by atoms with Crippen molar-refractivity contribution in [1.82, 2.24) is 13.8 Å². The Kier molecular flexibility index (Phi) is 6.87. The van der Waals surface area contributed by atoms with Crippen LogP contribution in [0.5, 0.6) is 11.6 Å². The number of hydrogen-bond acceptors (Lipinski definition) is 7. The molecule has 3 atom stereocenters. The van der Waals surface area contributed by atoms with Crippen molar-refractivity contribution in [1.29, 1.82) is 0 Å². The summed E-state index contributed by atoms with van der Waals surface area (Å²) < 4.78 is 43.7. The summed E-state index contributed by atoms with van der Waals surface area (Å²) in [6.45, 7) is 3.24. The Morgan fingerprint density at radius 2 is 2.19 bits per heavy atom. The predicted octanol–water partition coefficient (Wildman–Crippen LogP) is 1.40. The van der Waals surface area contributed by atoms with Crippen LogP contribution in [-0.4, -0.2) is 82.6 Å². The smallest absolute Gasteiger partial charge is 0.262 e. The van der Waals surface area contributed by atoms with Gasteiger partial charge in [-0.2, -0.15) is 9.29 Å². The highest BCUT2D eigenvalue weighted by atomic mass is 32.2. The third kappa shape index (κ3) is 4.69. The van der Waals surface area contributed by atoms with Crippen LogP contribution in [0.3, 0.4) is 0 Å². The number of hydrogen-bond donors (Lipinski definition) is 1. The predicted molar refractivity (Wildman–Crippen MR) is 123 cm³/mol. The number of piperidine rings is 1. The number of quaternary nitrogens is 1. The van der Waals surface area contributed by atoms with E-state index >= 15 is 0 Å². The molecule has 2 fully saturated rings. The van der Waals surface area contributed by atoms with Crippen molar-refractivity contribution in [2.45, 2.75) is 31.4 Å². The SMILES string of the molecule is COc1ccc([N+]2(C3CCCN(S(C)(=O)=O)C3)C=C(CN)C=CC2)nc1O[C@@H]1CCOC1. The summed E-state index contributed by atoms with van der Waals surface area (Å²) >= 11 is 0. The summed E-state index contributed by atoms with van der Waals surface area (Å²) in [6.07, 6.45) is 9.96. The monoisotopic (exact) mass is 465 g/mol. The Morgan fingerprint density at radius 3 is 2.88 bits per heavy atom. The van der Waals surface area contributed by atoms with Gasteiger partial charge in [-0.25, -0.2) is 12.9 Å². The number of pyridine rings is 1. The molecule has 4 rings (SSSR count). The molecule has 0 saturated carbocycles. The van der Waals surface area contributed by atoms with E-state index in [0.29, 0.717) is 55.5 Å². The first-order valence-electron chi connectivity index (χ1n) is 11.1. The van der Waals surface area contributed by atoms with E-state index in [2.05, 4.69) is 12.3 Å². The number of rotatable bonds is 7. The number of ether oxygens (including phenoxy) is 3. The second-order valence-corrected chi connectivity index (χ2v) is 10.6. The molecule has 0 bridgehead atoms. The second-order valence-electron chi connectivity index (χ2n) is 8.62. The molecular formula is C22H33N4O5S+. The van der Waals surface area contributed by atoms with Gasteiger partial charge in [0.1, 0.15) is 24.9 Å². The summed E-state index contributed by atoms with van der Waals surface area (Å²) in [5.41, 5.74) is 7.00. The van der Waals surface area contributed by atoms with Crippen LogP contribution in [0.1, 0.15) is 19.3 Å². The van der Waals surface area contributed by atoms with Gasteiger partial charge in [-0.15, -0.1) is 0 Å². The van der Waals surface area contributed by atoms with Crippen molar-refractivity contribution >= 4 is 15.8 Å². The third-order valence-corrected chi connectivity index (χ3v) is 7.74. The minimum Gasteiger partial charge on any atom is -0.491 e. The molecule has 3 aliphatic rings. The molecule has 3 aliphatic heterocycles. The van der Waals surface area contributed by atoms with Gasteiger partial charge >= 0.3 is 0 Å². The van der Waals surface area contributed by atoms with Crippen LogP contribution >= 0.6 is 0 Å². The van der Waals surface area contributed by atoms with Gasteiger partial charge in [0, 0.05) is 37.6 Å². The molecule has 2 saturated heterocycles. The van der Waals surface area contributed by atoms with Crippen LogP contribution in [0.2, 0.25) is 0 Å². The minimum absolute atomic E-state index is 0.00790. The summed E-state index contributed by atoms with van der Waals surface area (Å²) in [4.78, 5) is 4.92. The fourth-order valence-corrected chi connectivity index (χ4v) is 5.65. The van der Waals surface area contributed by atoms with Gasteiger partial charge in [0.15, 0.2) is 5.75 Å². The lowest BCUT2D eigenvalue weighted by atomic mass is 10.00. The van der Waals surface area contributed by atoms with Crippen molar-refractivity contribution in [3.05, 3.63) is 36.1 Å². The van der Waals surface area contributed by atoms with Gasteiger partial charge in [0.2, 0.25) is 15.8 Å². The molecule has 2 unspecified atom stereocenters. The van der Waals surface area contributed by atoms with Crippen molar-refractivity contribution in [2.24, 2.45) is 5.73 Å². The van der Waals surface area contributed by atoms with Crippen LogP contribution in [0, 0.1) is 0 Å². The molecule has 10 heteroatoms. The minimum atomic E-state index is -3.28. The van der Waals surface area contributed by atoms with E-state index in [1.54, 1.807) is 11.4 Å². The van der Waals surface area contributed by atoms with Crippen LogP contribution in [0.15, 0.2) is 36.1 Å². The Morgan fingerprint density at radius 1 is 1.34 bits per heavy atom. The van der Waals surface area contributed by atoms with Crippen LogP contribution in [0.25, 0.3) is 0 Å². The lowest BCUT2D eigenvalue weighted by Crippen LogP contribution is -2.60. The first-order valence-corrected chi connectivity index (χ1v) is 12.9. The summed E-state index contributed by atoms with van der Waals surface area (Å²) in [5, 5.41) is 0. The van der Waals surface area contributed by atoms with Crippen LogP contribution in [0.4, 0.5) is 5.82 Å². The Bertz CT molecular complexity index is 990. The summed E-state index contributed by atoms with van der Waals surface area (Å²) in [5.74, 6) is 1.79. The molecule has 0 aromatic carbocycles. The van der Waals surface area contributed by atoms with Gasteiger partial charge in [-0.05, 0) is 18.6 Å². The Balaban J connectivity index is 1.75. The number of nitrogens with zero attached hydrogens (tertiary/aromatic N) is 3. The topological polar surface area (TPSA) is 104 Å². The Hall–Kier alpha value is -1.98. The third-order valence-electron chi connectivity index (χ3n) is 6.47. The molecule has 0 spiro atoms. The van der Waals surface area contributed by atoms with Crippen molar-refractivity contribution < 1.29 is 22.6 Å². The maximum absolute atomic E-state index is 12.3. The van der Waals surface area contributed by atoms with Gasteiger partial charge in [-0.1, -0.05) is 6.08 Å². The largest absolute Gasteiger partial charge is 0.491 e.